The Morgan fingerprint density at radius 3 is 2.32 bits per heavy atom. The molecule has 208 valence electrons. The van der Waals surface area contributed by atoms with Gasteiger partial charge in [0.2, 0.25) is 5.91 Å². The summed E-state index contributed by atoms with van der Waals surface area (Å²) in [4.78, 5) is 44.2. The van der Waals surface area contributed by atoms with Gasteiger partial charge in [0, 0.05) is 13.2 Å². The quantitative estimate of drug-likeness (QED) is 0.365. The van der Waals surface area contributed by atoms with Crippen molar-refractivity contribution in [1.29, 1.82) is 0 Å². The maximum Gasteiger partial charge on any atom is 0.405 e. The summed E-state index contributed by atoms with van der Waals surface area (Å²) in [5.74, 6) is -1.13. The first-order chi connectivity index (χ1) is 17.6. The smallest absolute Gasteiger partial charge is 0.405 e. The van der Waals surface area contributed by atoms with Gasteiger partial charge in [-0.15, -0.1) is 0 Å². The van der Waals surface area contributed by atoms with Gasteiger partial charge in [-0.2, -0.15) is 0 Å². The van der Waals surface area contributed by atoms with Crippen LogP contribution in [-0.4, -0.2) is 42.0 Å². The highest BCUT2D eigenvalue weighted by Gasteiger charge is 2.52. The standard InChI is InChI=1S/C26H37FN4O6Si/c1-24(2,3)38(4,5)36-16-25(22(34)30-14-17-6-8-18(27)9-7-17)10-12-26(13-11-25,37-23(28)35)21-29-15-19(32)20(33)31-21/h6-9,15,32H,10-14,16H2,1-5H3,(H2,28,35)(H,30,34)(H,29,31,33). The van der Waals surface area contributed by atoms with Gasteiger partial charge in [-0.25, -0.2) is 14.2 Å². The minimum Gasteiger partial charge on any atom is -0.502 e. The monoisotopic (exact) mass is 548 g/mol. The third-order valence-electron chi connectivity index (χ3n) is 7.89. The normalized spacial score (nSPS) is 22.1. The first-order valence-electron chi connectivity index (χ1n) is 12.5. The number of rotatable bonds is 8. The van der Waals surface area contributed by atoms with Gasteiger partial charge in [0.15, 0.2) is 25.5 Å². The lowest BCUT2D eigenvalue weighted by molar-refractivity contribution is -0.141. The summed E-state index contributed by atoms with van der Waals surface area (Å²) in [6.07, 6.45) is 0.691. The number of carbonyl (C=O) groups excluding carboxylic acids is 2. The number of aromatic hydroxyl groups is 1. The Labute approximate surface area is 222 Å². The molecular formula is C26H37FN4O6Si. The highest BCUT2D eigenvalue weighted by molar-refractivity contribution is 6.74. The number of benzene rings is 1. The van der Waals surface area contributed by atoms with E-state index in [9.17, 15) is 23.9 Å². The van der Waals surface area contributed by atoms with E-state index < -0.39 is 36.7 Å². The molecule has 2 aromatic rings. The van der Waals surface area contributed by atoms with Gasteiger partial charge < -0.3 is 30.3 Å². The predicted molar refractivity (Wildman–Crippen MR) is 141 cm³/mol. The van der Waals surface area contributed by atoms with E-state index in [4.69, 9.17) is 14.9 Å². The third-order valence-corrected chi connectivity index (χ3v) is 12.4. The molecule has 0 bridgehead atoms. The first-order valence-corrected chi connectivity index (χ1v) is 15.4. The van der Waals surface area contributed by atoms with Crippen LogP contribution in [0.3, 0.4) is 0 Å². The van der Waals surface area contributed by atoms with E-state index in [0.29, 0.717) is 0 Å². The average molecular weight is 549 g/mol. The van der Waals surface area contributed by atoms with Crippen molar-refractivity contribution in [3.05, 3.63) is 58.0 Å². The Morgan fingerprint density at radius 2 is 1.79 bits per heavy atom. The van der Waals surface area contributed by atoms with Crippen molar-refractivity contribution < 1.29 is 28.2 Å². The molecule has 1 aromatic heterocycles. The van der Waals surface area contributed by atoms with Crippen LogP contribution in [0.1, 0.15) is 57.8 Å². The molecule has 1 aliphatic carbocycles. The van der Waals surface area contributed by atoms with Gasteiger partial charge in [-0.05, 0) is 61.5 Å². The number of ether oxygens (including phenoxy) is 1. The number of aromatic nitrogens is 2. The summed E-state index contributed by atoms with van der Waals surface area (Å²) in [7, 11) is -2.23. The van der Waals surface area contributed by atoms with E-state index in [1.165, 1.54) is 12.1 Å². The molecule has 1 aromatic carbocycles. The molecule has 1 saturated carbocycles. The van der Waals surface area contributed by atoms with Crippen LogP contribution in [0.2, 0.25) is 18.1 Å². The number of amides is 2. The summed E-state index contributed by atoms with van der Waals surface area (Å²) >= 11 is 0. The van der Waals surface area contributed by atoms with E-state index in [1.54, 1.807) is 12.1 Å². The molecule has 3 rings (SSSR count). The molecule has 1 aliphatic rings. The van der Waals surface area contributed by atoms with Crippen LogP contribution in [0.25, 0.3) is 0 Å². The molecular weight excluding hydrogens is 511 g/mol. The van der Waals surface area contributed by atoms with Crippen molar-refractivity contribution in [3.8, 4) is 5.75 Å². The third kappa shape index (κ3) is 6.41. The summed E-state index contributed by atoms with van der Waals surface area (Å²) in [5.41, 5.74) is 3.00. The molecule has 5 N–H and O–H groups in total. The van der Waals surface area contributed by atoms with Gasteiger partial charge in [-0.1, -0.05) is 32.9 Å². The van der Waals surface area contributed by atoms with Crippen LogP contribution in [-0.2, 0) is 26.1 Å². The van der Waals surface area contributed by atoms with Crippen LogP contribution in [0.5, 0.6) is 5.75 Å². The molecule has 38 heavy (non-hydrogen) atoms. The van der Waals surface area contributed by atoms with Gasteiger partial charge >= 0.3 is 6.09 Å². The van der Waals surface area contributed by atoms with Crippen molar-refractivity contribution in [3.63, 3.8) is 0 Å². The zero-order chi connectivity index (χ0) is 28.4. The first kappa shape index (κ1) is 29.3. The SMILES string of the molecule is CC(C)(C)[Si](C)(C)OCC1(C(=O)NCc2ccc(F)cc2)CCC(OC(N)=O)(c2ncc(O)c(=O)[nH]2)CC1. The maximum atomic E-state index is 13.7. The van der Waals surface area contributed by atoms with Gasteiger partial charge in [0.05, 0.1) is 11.6 Å². The van der Waals surface area contributed by atoms with Crippen molar-refractivity contribution >= 4 is 20.3 Å². The van der Waals surface area contributed by atoms with E-state index in [1.807, 2.05) is 0 Å². The Kier molecular flexibility index (Phi) is 8.37. The number of halogens is 1. The van der Waals surface area contributed by atoms with Crippen molar-refractivity contribution in [2.45, 2.75) is 76.7 Å². The lowest BCUT2D eigenvalue weighted by atomic mass is 9.68. The lowest BCUT2D eigenvalue weighted by Crippen LogP contribution is -2.53. The molecule has 0 saturated heterocycles. The summed E-state index contributed by atoms with van der Waals surface area (Å²) in [6, 6.07) is 5.88. The summed E-state index contributed by atoms with van der Waals surface area (Å²) < 4.78 is 25.3. The number of primary amides is 1. The van der Waals surface area contributed by atoms with E-state index in [2.05, 4.69) is 49.1 Å². The van der Waals surface area contributed by atoms with Crippen LogP contribution in [0.15, 0.2) is 35.3 Å². The number of hydrogen-bond donors (Lipinski definition) is 4. The molecule has 1 heterocycles. The number of nitrogens with two attached hydrogens (primary N) is 1. The summed E-state index contributed by atoms with van der Waals surface area (Å²) in [5, 5.41) is 12.5. The van der Waals surface area contributed by atoms with E-state index >= 15 is 0 Å². The number of nitrogens with one attached hydrogen (secondary N) is 2. The Morgan fingerprint density at radius 1 is 1.18 bits per heavy atom. The van der Waals surface area contributed by atoms with Gasteiger partial charge in [0.25, 0.3) is 5.56 Å². The van der Waals surface area contributed by atoms with Crippen molar-refractivity contribution in [2.75, 3.05) is 6.61 Å². The highest BCUT2D eigenvalue weighted by atomic mass is 28.4. The lowest BCUT2D eigenvalue weighted by Gasteiger charge is -2.46. The van der Waals surface area contributed by atoms with E-state index in [-0.39, 0.29) is 61.4 Å². The van der Waals surface area contributed by atoms with E-state index in [0.717, 1.165) is 11.8 Å². The second-order valence-electron chi connectivity index (χ2n) is 11.5. The summed E-state index contributed by atoms with van der Waals surface area (Å²) in [6.45, 7) is 10.9. The number of aromatic amines is 1. The number of nitrogens with zero attached hydrogens (tertiary/aromatic N) is 1. The van der Waals surface area contributed by atoms with Crippen LogP contribution < -0.4 is 16.6 Å². The predicted octanol–water partition coefficient (Wildman–Crippen LogP) is 3.80. The molecule has 0 radical (unpaired) electrons. The Bertz CT molecular complexity index is 1220. The molecule has 1 fully saturated rings. The van der Waals surface area contributed by atoms with Crippen molar-refractivity contribution in [2.24, 2.45) is 11.1 Å². The van der Waals surface area contributed by atoms with Gasteiger partial charge in [-0.3, -0.25) is 9.59 Å². The molecule has 0 atom stereocenters. The second kappa shape index (κ2) is 10.9. The zero-order valence-electron chi connectivity index (χ0n) is 22.5. The van der Waals surface area contributed by atoms with Crippen LogP contribution >= 0.6 is 0 Å². The van der Waals surface area contributed by atoms with Crippen LogP contribution in [0.4, 0.5) is 9.18 Å². The minimum atomic E-state index is -2.23. The average Bonchev–Trinajstić information content (AvgIpc) is 2.84. The topological polar surface area (TPSA) is 157 Å². The fourth-order valence-electron chi connectivity index (χ4n) is 4.28. The Balaban J connectivity index is 1.90. The molecule has 12 heteroatoms. The molecule has 0 aliphatic heterocycles. The maximum absolute atomic E-state index is 13.7. The minimum absolute atomic E-state index is 0.0461. The van der Waals surface area contributed by atoms with Crippen molar-refractivity contribution in [1.82, 2.24) is 15.3 Å². The second-order valence-corrected chi connectivity index (χ2v) is 16.3. The van der Waals surface area contributed by atoms with Crippen LogP contribution in [0, 0.1) is 11.2 Å². The fraction of sp³-hybridized carbons (Fsp3) is 0.538. The highest BCUT2D eigenvalue weighted by Crippen LogP contribution is 2.48. The fourth-order valence-corrected chi connectivity index (χ4v) is 5.35. The number of carbonyl (C=O) groups is 2. The Hall–Kier alpha value is -3.25. The molecule has 10 nitrogen and oxygen atoms in total. The molecule has 0 spiro atoms. The van der Waals surface area contributed by atoms with Gasteiger partial charge in [0.1, 0.15) is 5.82 Å². The number of H-pyrrole nitrogens is 1. The molecule has 0 unspecified atom stereocenters. The largest absolute Gasteiger partial charge is 0.502 e. The molecule has 2 amide bonds. The number of hydrogen-bond acceptors (Lipinski definition) is 7. The zero-order valence-corrected chi connectivity index (χ0v) is 23.5.